The maximum Gasteiger partial charge on any atom is 0.326 e. The van der Waals surface area contributed by atoms with E-state index in [9.17, 15) is 24.0 Å². The number of aromatic nitrogens is 2. The summed E-state index contributed by atoms with van der Waals surface area (Å²) < 4.78 is 4.36. The van der Waals surface area contributed by atoms with E-state index in [0.717, 1.165) is 13.3 Å². The third-order valence-corrected chi connectivity index (χ3v) is 2.53. The summed E-state index contributed by atoms with van der Waals surface area (Å²) in [5.74, 6) is -2.98. The Hall–Kier alpha value is -2.91. The van der Waals surface area contributed by atoms with Gasteiger partial charge in [-0.3, -0.25) is 19.4 Å². The Morgan fingerprint density at radius 2 is 2.05 bits per heavy atom. The van der Waals surface area contributed by atoms with Gasteiger partial charge in [0.25, 0.3) is 11.5 Å². The first-order chi connectivity index (χ1) is 9.85. The number of ether oxygens (including phenoxy) is 1. The van der Waals surface area contributed by atoms with Crippen LogP contribution in [0.25, 0.3) is 0 Å². The van der Waals surface area contributed by atoms with Gasteiger partial charge in [0.15, 0.2) is 0 Å². The molecule has 1 aromatic heterocycles. The molecule has 0 spiro atoms. The number of hydrogen-bond acceptors (Lipinski definition) is 6. The predicted molar refractivity (Wildman–Crippen MR) is 67.8 cm³/mol. The van der Waals surface area contributed by atoms with Crippen molar-refractivity contribution in [2.24, 2.45) is 0 Å². The largest absolute Gasteiger partial charge is 0.480 e. The van der Waals surface area contributed by atoms with Gasteiger partial charge < -0.3 is 20.1 Å². The van der Waals surface area contributed by atoms with Crippen LogP contribution in [-0.4, -0.2) is 46.1 Å². The first-order valence-electron chi connectivity index (χ1n) is 5.77. The summed E-state index contributed by atoms with van der Waals surface area (Å²) in [5, 5.41) is 11.0. The molecule has 1 atom stereocenters. The van der Waals surface area contributed by atoms with Crippen LogP contribution in [0.2, 0.25) is 0 Å². The van der Waals surface area contributed by atoms with Crippen molar-refractivity contribution in [2.75, 3.05) is 7.11 Å². The molecule has 4 N–H and O–H groups in total. The smallest absolute Gasteiger partial charge is 0.326 e. The van der Waals surface area contributed by atoms with Crippen LogP contribution in [0.5, 0.6) is 0 Å². The Morgan fingerprint density at radius 1 is 1.38 bits per heavy atom. The van der Waals surface area contributed by atoms with Crippen LogP contribution in [-0.2, 0) is 14.3 Å². The Labute approximate surface area is 117 Å². The lowest BCUT2D eigenvalue weighted by atomic mass is 10.1. The molecule has 10 heteroatoms. The maximum absolute atomic E-state index is 11.8. The van der Waals surface area contributed by atoms with Crippen LogP contribution in [0.3, 0.4) is 0 Å². The van der Waals surface area contributed by atoms with E-state index < -0.39 is 40.7 Å². The number of esters is 1. The number of carboxylic acids is 1. The lowest BCUT2D eigenvalue weighted by Crippen LogP contribution is -2.43. The van der Waals surface area contributed by atoms with Crippen LogP contribution in [0.15, 0.2) is 15.8 Å². The summed E-state index contributed by atoms with van der Waals surface area (Å²) in [7, 11) is 1.15. The number of hydrogen-bond donors (Lipinski definition) is 4. The first kappa shape index (κ1) is 16.1. The molecule has 0 fully saturated rings. The zero-order chi connectivity index (χ0) is 16.0. The molecule has 0 aromatic carbocycles. The van der Waals surface area contributed by atoms with Crippen LogP contribution >= 0.6 is 0 Å². The summed E-state index contributed by atoms with van der Waals surface area (Å²) in [5.41, 5.74) is -2.19. The molecule has 1 amide bonds. The molecule has 0 aliphatic rings. The minimum Gasteiger partial charge on any atom is -0.480 e. The van der Waals surface area contributed by atoms with Crippen molar-refractivity contribution in [3.8, 4) is 0 Å². The average Bonchev–Trinajstić information content (AvgIpc) is 2.42. The van der Waals surface area contributed by atoms with Gasteiger partial charge in [0.05, 0.1) is 7.11 Å². The van der Waals surface area contributed by atoms with Crippen molar-refractivity contribution in [3.63, 3.8) is 0 Å². The minimum atomic E-state index is -1.37. The number of methoxy groups -OCH3 is 1. The molecule has 114 valence electrons. The molecule has 0 aliphatic carbocycles. The normalized spacial score (nSPS) is 11.5. The highest BCUT2D eigenvalue weighted by Gasteiger charge is 2.23. The van der Waals surface area contributed by atoms with Crippen molar-refractivity contribution in [3.05, 3.63) is 32.6 Å². The van der Waals surface area contributed by atoms with Gasteiger partial charge in [-0.25, -0.2) is 9.59 Å². The maximum atomic E-state index is 11.8. The van der Waals surface area contributed by atoms with Crippen molar-refractivity contribution in [1.82, 2.24) is 15.3 Å². The number of amides is 1. The number of carbonyl (C=O) groups excluding carboxylic acids is 2. The lowest BCUT2D eigenvalue weighted by molar-refractivity contribution is -0.142. The fourth-order valence-electron chi connectivity index (χ4n) is 1.44. The molecule has 10 nitrogen and oxygen atoms in total. The first-order valence-corrected chi connectivity index (χ1v) is 5.77. The molecule has 1 rings (SSSR count). The van der Waals surface area contributed by atoms with E-state index in [1.54, 1.807) is 0 Å². The molecule has 1 heterocycles. The van der Waals surface area contributed by atoms with Crippen LogP contribution in [0.4, 0.5) is 0 Å². The fraction of sp³-hybridized carbons (Fsp3) is 0.364. The molecule has 0 unspecified atom stereocenters. The molecule has 0 bridgehead atoms. The zero-order valence-electron chi connectivity index (χ0n) is 11.0. The van der Waals surface area contributed by atoms with E-state index in [-0.39, 0.29) is 12.8 Å². The average molecular weight is 299 g/mol. The Balaban J connectivity index is 2.81. The van der Waals surface area contributed by atoms with E-state index in [1.165, 1.54) is 0 Å². The predicted octanol–water partition coefficient (Wildman–Crippen LogP) is -1.80. The minimum absolute atomic E-state index is 0.199. The second kappa shape index (κ2) is 7.03. The molecule has 1 aromatic rings. The van der Waals surface area contributed by atoms with Gasteiger partial charge in [-0.05, 0) is 6.42 Å². The van der Waals surface area contributed by atoms with E-state index in [1.807, 2.05) is 4.98 Å². The van der Waals surface area contributed by atoms with Gasteiger partial charge in [-0.15, -0.1) is 0 Å². The van der Waals surface area contributed by atoms with Crippen LogP contribution in [0, 0.1) is 0 Å². The third kappa shape index (κ3) is 4.60. The van der Waals surface area contributed by atoms with E-state index in [4.69, 9.17) is 5.11 Å². The third-order valence-electron chi connectivity index (χ3n) is 2.53. The number of carboxylic acid groups (broad SMARTS) is 1. The van der Waals surface area contributed by atoms with Gasteiger partial charge >= 0.3 is 17.6 Å². The topological polar surface area (TPSA) is 158 Å². The Morgan fingerprint density at radius 3 is 2.57 bits per heavy atom. The van der Waals surface area contributed by atoms with Crippen molar-refractivity contribution in [2.45, 2.75) is 18.9 Å². The summed E-state index contributed by atoms with van der Waals surface area (Å²) in [6, 6.07) is -1.37. The molecule has 0 radical (unpaired) electrons. The molecule has 0 saturated heterocycles. The van der Waals surface area contributed by atoms with Gasteiger partial charge in [0.2, 0.25) is 0 Å². The number of aliphatic carboxylic acids is 1. The van der Waals surface area contributed by atoms with E-state index in [0.29, 0.717) is 0 Å². The lowest BCUT2D eigenvalue weighted by Gasteiger charge is -2.13. The second-order valence-corrected chi connectivity index (χ2v) is 3.96. The van der Waals surface area contributed by atoms with Gasteiger partial charge in [0.1, 0.15) is 11.6 Å². The molecular formula is C11H13N3O7. The summed E-state index contributed by atoms with van der Waals surface area (Å²) in [6.45, 7) is 0. The molecule has 0 aliphatic heterocycles. The molecule has 21 heavy (non-hydrogen) atoms. The monoisotopic (exact) mass is 299 g/mol. The van der Waals surface area contributed by atoms with Crippen molar-refractivity contribution < 1.29 is 24.2 Å². The number of aromatic amines is 2. The van der Waals surface area contributed by atoms with E-state index in [2.05, 4.69) is 15.0 Å². The fourth-order valence-corrected chi connectivity index (χ4v) is 1.44. The number of H-pyrrole nitrogens is 2. The van der Waals surface area contributed by atoms with Gasteiger partial charge in [-0.1, -0.05) is 0 Å². The highest BCUT2D eigenvalue weighted by atomic mass is 16.5. The van der Waals surface area contributed by atoms with Crippen molar-refractivity contribution in [1.29, 1.82) is 0 Å². The Bertz CT molecular complexity index is 660. The van der Waals surface area contributed by atoms with Crippen LogP contribution < -0.4 is 16.6 Å². The van der Waals surface area contributed by atoms with Gasteiger partial charge in [-0.2, -0.15) is 0 Å². The van der Waals surface area contributed by atoms with Crippen molar-refractivity contribution >= 4 is 17.8 Å². The zero-order valence-corrected chi connectivity index (χ0v) is 11.0. The summed E-state index contributed by atoms with van der Waals surface area (Å²) >= 11 is 0. The number of carbonyl (C=O) groups is 3. The highest BCUT2D eigenvalue weighted by Crippen LogP contribution is 2.01. The second-order valence-electron chi connectivity index (χ2n) is 3.96. The number of nitrogens with one attached hydrogen (secondary N) is 3. The molecule has 0 saturated carbocycles. The number of rotatable bonds is 6. The Kier molecular flexibility index (Phi) is 5.40. The summed E-state index contributed by atoms with van der Waals surface area (Å²) in [4.78, 5) is 59.9. The quantitative estimate of drug-likeness (QED) is 0.451. The highest BCUT2D eigenvalue weighted by molar-refractivity contribution is 5.96. The SMILES string of the molecule is COC(=O)CC[C@H](NC(=O)c1c[nH]c(=O)[nH]c1=O)C(=O)O. The van der Waals surface area contributed by atoms with E-state index >= 15 is 0 Å². The van der Waals surface area contributed by atoms with Crippen LogP contribution in [0.1, 0.15) is 23.2 Å². The standard InChI is InChI=1S/C11H13N3O7/c1-21-7(15)3-2-6(10(18)19)13-8(16)5-4-12-11(20)14-9(5)17/h4,6H,2-3H2,1H3,(H,13,16)(H,18,19)(H2,12,14,17,20)/t6-/m0/s1. The summed E-state index contributed by atoms with van der Waals surface area (Å²) in [6.07, 6.45) is 0.459. The molecular weight excluding hydrogens is 286 g/mol. The van der Waals surface area contributed by atoms with Gasteiger partial charge in [0, 0.05) is 12.6 Å².